The molecule has 2 aliphatic rings. The first kappa shape index (κ1) is 17.3. The van der Waals surface area contributed by atoms with E-state index in [0.717, 1.165) is 18.6 Å². The first-order valence-electron chi connectivity index (χ1n) is 8.50. The number of hydrogen-bond donors (Lipinski definition) is 0. The Labute approximate surface area is 139 Å². The Kier molecular flexibility index (Phi) is 5.13. The van der Waals surface area contributed by atoms with Crippen molar-refractivity contribution in [2.75, 3.05) is 19.7 Å². The van der Waals surface area contributed by atoms with Crippen molar-refractivity contribution >= 4 is 5.91 Å². The Morgan fingerprint density at radius 2 is 1.92 bits per heavy atom. The normalized spacial score (nSPS) is 22.3. The summed E-state index contributed by atoms with van der Waals surface area (Å²) in [6, 6.07) is 5.01. The van der Waals surface area contributed by atoms with Crippen LogP contribution in [0.15, 0.2) is 24.3 Å². The van der Waals surface area contributed by atoms with E-state index in [1.54, 1.807) is 4.90 Å². The van der Waals surface area contributed by atoms with Gasteiger partial charge in [0.25, 0.3) is 0 Å². The minimum absolute atomic E-state index is 0.127. The molecule has 3 rings (SSSR count). The van der Waals surface area contributed by atoms with Gasteiger partial charge in [-0.1, -0.05) is 31.4 Å². The second-order valence-electron chi connectivity index (χ2n) is 6.65. The van der Waals surface area contributed by atoms with Gasteiger partial charge in [0, 0.05) is 13.0 Å². The van der Waals surface area contributed by atoms with Gasteiger partial charge in [-0.25, -0.2) is 0 Å². The molecule has 0 spiro atoms. The molecular weight excluding hydrogens is 319 g/mol. The van der Waals surface area contributed by atoms with Crippen LogP contribution >= 0.6 is 0 Å². The van der Waals surface area contributed by atoms with Crippen molar-refractivity contribution in [2.45, 2.75) is 44.4 Å². The van der Waals surface area contributed by atoms with E-state index in [9.17, 15) is 18.0 Å². The summed E-state index contributed by atoms with van der Waals surface area (Å²) in [6.45, 7) is 1.39. The fraction of sp³-hybridized carbons (Fsp3) is 0.611. The van der Waals surface area contributed by atoms with Crippen molar-refractivity contribution in [3.8, 4) is 0 Å². The lowest BCUT2D eigenvalue weighted by atomic mass is 9.82. The van der Waals surface area contributed by atoms with Crippen LogP contribution < -0.4 is 0 Å². The zero-order valence-electron chi connectivity index (χ0n) is 13.5. The fourth-order valence-corrected chi connectivity index (χ4v) is 3.23. The standard InChI is InChI=1S/C18H22F3NO2/c19-18(20,21)15-7-5-14(6-8-15)16-12-22(10-11-24-16)17(23)9-4-13-2-1-3-13/h5-8,13,16H,1-4,9-12H2. The summed E-state index contributed by atoms with van der Waals surface area (Å²) < 4.78 is 43.5. The molecule has 1 atom stereocenters. The van der Waals surface area contributed by atoms with E-state index in [1.165, 1.54) is 31.4 Å². The first-order valence-corrected chi connectivity index (χ1v) is 8.50. The number of carbonyl (C=O) groups excluding carboxylic acids is 1. The lowest BCUT2D eigenvalue weighted by Gasteiger charge is -2.34. The van der Waals surface area contributed by atoms with Crippen LogP contribution in [0.3, 0.4) is 0 Å². The Bertz CT molecular complexity index is 567. The van der Waals surface area contributed by atoms with Gasteiger partial charge in [-0.15, -0.1) is 0 Å². The molecule has 1 unspecified atom stereocenters. The highest BCUT2D eigenvalue weighted by Crippen LogP contribution is 2.32. The van der Waals surface area contributed by atoms with E-state index in [4.69, 9.17) is 4.74 Å². The fourth-order valence-electron chi connectivity index (χ4n) is 3.23. The molecule has 1 heterocycles. The molecule has 2 fully saturated rings. The second kappa shape index (κ2) is 7.13. The third-order valence-electron chi connectivity index (χ3n) is 5.02. The van der Waals surface area contributed by atoms with Crippen molar-refractivity contribution in [1.29, 1.82) is 0 Å². The summed E-state index contributed by atoms with van der Waals surface area (Å²) in [5.41, 5.74) is 0.00924. The Hall–Kier alpha value is -1.56. The number of amides is 1. The van der Waals surface area contributed by atoms with Crippen molar-refractivity contribution in [3.63, 3.8) is 0 Å². The molecule has 0 N–H and O–H groups in total. The highest BCUT2D eigenvalue weighted by Gasteiger charge is 2.31. The molecule has 1 aliphatic heterocycles. The number of benzene rings is 1. The van der Waals surface area contributed by atoms with E-state index in [0.29, 0.717) is 37.6 Å². The molecule has 1 saturated heterocycles. The predicted molar refractivity (Wildman–Crippen MR) is 83.3 cm³/mol. The number of ether oxygens (including phenoxy) is 1. The highest BCUT2D eigenvalue weighted by atomic mass is 19.4. The van der Waals surface area contributed by atoms with E-state index in [1.807, 2.05) is 0 Å². The van der Waals surface area contributed by atoms with Crippen LogP contribution in [0.25, 0.3) is 0 Å². The SMILES string of the molecule is O=C(CCC1CCC1)N1CCOC(c2ccc(C(F)(F)F)cc2)C1. The molecule has 1 aromatic carbocycles. The third-order valence-corrected chi connectivity index (χ3v) is 5.02. The van der Waals surface area contributed by atoms with Gasteiger partial charge in [-0.05, 0) is 30.0 Å². The van der Waals surface area contributed by atoms with E-state index >= 15 is 0 Å². The van der Waals surface area contributed by atoms with Gasteiger partial charge < -0.3 is 9.64 Å². The number of carbonyl (C=O) groups is 1. The second-order valence-corrected chi connectivity index (χ2v) is 6.65. The summed E-state index contributed by atoms with van der Waals surface area (Å²) >= 11 is 0. The minimum atomic E-state index is -4.34. The Balaban J connectivity index is 1.57. The molecule has 1 aromatic rings. The number of morpholine rings is 1. The summed E-state index contributed by atoms with van der Waals surface area (Å²) in [7, 11) is 0. The first-order chi connectivity index (χ1) is 11.4. The predicted octanol–water partition coefficient (Wildman–Crippen LogP) is 4.19. The Morgan fingerprint density at radius 3 is 2.50 bits per heavy atom. The molecule has 1 saturated carbocycles. The van der Waals surface area contributed by atoms with Gasteiger partial charge in [0.15, 0.2) is 0 Å². The Morgan fingerprint density at radius 1 is 1.21 bits per heavy atom. The van der Waals surface area contributed by atoms with Crippen LogP contribution in [0.4, 0.5) is 13.2 Å². The van der Waals surface area contributed by atoms with Crippen LogP contribution in [-0.2, 0) is 15.7 Å². The molecule has 0 radical (unpaired) electrons. The van der Waals surface area contributed by atoms with Gasteiger partial charge >= 0.3 is 6.18 Å². The number of halogens is 3. The van der Waals surface area contributed by atoms with Crippen LogP contribution in [0.1, 0.15) is 49.3 Å². The molecule has 3 nitrogen and oxygen atoms in total. The monoisotopic (exact) mass is 341 g/mol. The van der Waals surface area contributed by atoms with Gasteiger partial charge in [0.1, 0.15) is 6.10 Å². The molecule has 6 heteroatoms. The topological polar surface area (TPSA) is 29.5 Å². The zero-order valence-corrected chi connectivity index (χ0v) is 13.5. The molecule has 0 bridgehead atoms. The summed E-state index contributed by atoms with van der Waals surface area (Å²) in [5.74, 6) is 0.822. The summed E-state index contributed by atoms with van der Waals surface area (Å²) in [4.78, 5) is 14.1. The van der Waals surface area contributed by atoms with Crippen molar-refractivity contribution in [1.82, 2.24) is 4.90 Å². The molecule has 1 amide bonds. The molecule has 24 heavy (non-hydrogen) atoms. The summed E-state index contributed by atoms with van der Waals surface area (Å²) in [5, 5.41) is 0. The summed E-state index contributed by atoms with van der Waals surface area (Å²) in [6.07, 6.45) is 0.538. The van der Waals surface area contributed by atoms with Crippen LogP contribution in [0, 0.1) is 5.92 Å². The van der Waals surface area contributed by atoms with Gasteiger partial charge in [-0.3, -0.25) is 4.79 Å². The van der Waals surface area contributed by atoms with Gasteiger partial charge in [-0.2, -0.15) is 13.2 Å². The zero-order chi connectivity index (χ0) is 17.2. The van der Waals surface area contributed by atoms with E-state index < -0.39 is 11.7 Å². The lowest BCUT2D eigenvalue weighted by molar-refractivity contribution is -0.139. The maximum atomic E-state index is 12.6. The molecule has 0 aromatic heterocycles. The van der Waals surface area contributed by atoms with E-state index in [2.05, 4.69) is 0 Å². The number of alkyl halides is 3. The minimum Gasteiger partial charge on any atom is -0.370 e. The average molecular weight is 341 g/mol. The van der Waals surface area contributed by atoms with Crippen LogP contribution in [0.5, 0.6) is 0 Å². The van der Waals surface area contributed by atoms with E-state index in [-0.39, 0.29) is 12.0 Å². The third kappa shape index (κ3) is 4.09. The molecule has 132 valence electrons. The van der Waals surface area contributed by atoms with Crippen LogP contribution in [0.2, 0.25) is 0 Å². The number of nitrogens with zero attached hydrogens (tertiary/aromatic N) is 1. The molecular formula is C18H22F3NO2. The van der Waals surface area contributed by atoms with Crippen LogP contribution in [-0.4, -0.2) is 30.5 Å². The van der Waals surface area contributed by atoms with Gasteiger partial charge in [0.05, 0.1) is 18.7 Å². The van der Waals surface area contributed by atoms with Gasteiger partial charge in [0.2, 0.25) is 5.91 Å². The smallest absolute Gasteiger partial charge is 0.370 e. The maximum absolute atomic E-state index is 12.6. The van der Waals surface area contributed by atoms with Crippen molar-refractivity contribution < 1.29 is 22.7 Å². The quantitative estimate of drug-likeness (QED) is 0.822. The molecule has 1 aliphatic carbocycles. The highest BCUT2D eigenvalue weighted by molar-refractivity contribution is 5.76. The van der Waals surface area contributed by atoms with Crippen molar-refractivity contribution in [2.24, 2.45) is 5.92 Å². The average Bonchev–Trinajstić information content (AvgIpc) is 2.53. The van der Waals surface area contributed by atoms with Crippen molar-refractivity contribution in [3.05, 3.63) is 35.4 Å². The largest absolute Gasteiger partial charge is 0.416 e. The lowest BCUT2D eigenvalue weighted by Crippen LogP contribution is -2.42. The number of rotatable bonds is 4. The number of hydrogen-bond acceptors (Lipinski definition) is 2. The maximum Gasteiger partial charge on any atom is 0.416 e.